The van der Waals surface area contributed by atoms with Gasteiger partial charge in [0.2, 0.25) is 0 Å². The van der Waals surface area contributed by atoms with Gasteiger partial charge in [0.25, 0.3) is 35.4 Å². The summed E-state index contributed by atoms with van der Waals surface area (Å²) in [6, 6.07) is 20.7. The number of imide groups is 3. The molecule has 3 aromatic carbocycles. The molecular weight excluding hydrogens is 738 g/mol. The molecule has 0 bridgehead atoms. The summed E-state index contributed by atoms with van der Waals surface area (Å²) < 4.78 is 0. The van der Waals surface area contributed by atoms with Crippen LogP contribution in [0.15, 0.2) is 72.8 Å². The van der Waals surface area contributed by atoms with E-state index in [4.69, 9.17) is 0 Å². The average molecular weight is 762 g/mol. The Morgan fingerprint density at radius 1 is 0.357 bits per heavy atom. The summed E-state index contributed by atoms with van der Waals surface area (Å²) in [4.78, 5) is 73.9. The third-order valence-corrected chi connectivity index (χ3v) is 7.62. The van der Waals surface area contributed by atoms with E-state index in [-0.39, 0.29) is 35.4 Å². The number of hydrogen-bond donors (Lipinski definition) is 0. The lowest BCUT2D eigenvalue weighted by Gasteiger charge is -2.10. The van der Waals surface area contributed by atoms with Gasteiger partial charge in [0.1, 0.15) is 0 Å². The minimum Gasteiger partial charge on any atom is -0.273 e. The van der Waals surface area contributed by atoms with Crippen LogP contribution in [0.1, 0.15) is 62.1 Å². The van der Waals surface area contributed by atoms with Crippen LogP contribution in [0.3, 0.4) is 0 Å². The number of benzene rings is 3. The largest absolute Gasteiger partial charge is 0.273 e. The van der Waals surface area contributed by atoms with Gasteiger partial charge in [-0.05, 0) is 36.4 Å². The Labute approximate surface area is 267 Å². The lowest BCUT2D eigenvalue weighted by Crippen LogP contribution is -2.31. The molecule has 0 atom stereocenters. The summed E-state index contributed by atoms with van der Waals surface area (Å²) in [5.74, 6) is -1.14. The first-order valence-electron chi connectivity index (χ1n) is 12.8. The molecule has 0 unspecified atom stereocenters. The maximum Gasteiger partial charge on any atom is 0.261 e. The molecule has 0 saturated heterocycles. The molecular formula is C30H24Br3N3O6. The molecule has 3 aromatic rings. The minimum atomic E-state index is -0.190. The Morgan fingerprint density at radius 2 is 0.524 bits per heavy atom. The number of alkyl halides is 3. The third-order valence-electron chi connectivity index (χ3n) is 6.56. The van der Waals surface area contributed by atoms with Crippen molar-refractivity contribution in [1.29, 1.82) is 0 Å². The van der Waals surface area contributed by atoms with E-state index in [9.17, 15) is 28.8 Å². The lowest BCUT2D eigenvalue weighted by molar-refractivity contribution is 0.0649. The van der Waals surface area contributed by atoms with Crippen LogP contribution in [-0.4, -0.2) is 85.8 Å². The van der Waals surface area contributed by atoms with E-state index >= 15 is 0 Å². The van der Waals surface area contributed by atoms with Crippen LogP contribution >= 0.6 is 47.8 Å². The number of hydrogen-bond acceptors (Lipinski definition) is 6. The van der Waals surface area contributed by atoms with E-state index in [0.29, 0.717) is 69.0 Å². The fraction of sp³-hybridized carbons (Fsp3) is 0.200. The number of carbonyl (C=O) groups is 6. The van der Waals surface area contributed by atoms with Crippen LogP contribution in [0.2, 0.25) is 0 Å². The van der Waals surface area contributed by atoms with Crippen molar-refractivity contribution in [2.24, 2.45) is 0 Å². The van der Waals surface area contributed by atoms with Crippen molar-refractivity contribution in [2.75, 3.05) is 35.6 Å². The first-order chi connectivity index (χ1) is 20.3. The van der Waals surface area contributed by atoms with Crippen molar-refractivity contribution in [3.05, 3.63) is 106 Å². The number of fused-ring (bicyclic) bond motifs is 3. The highest BCUT2D eigenvalue weighted by atomic mass is 79.9. The summed E-state index contributed by atoms with van der Waals surface area (Å²) in [7, 11) is 0. The van der Waals surface area contributed by atoms with Crippen molar-refractivity contribution < 1.29 is 28.8 Å². The zero-order chi connectivity index (χ0) is 30.4. The van der Waals surface area contributed by atoms with Crippen LogP contribution < -0.4 is 0 Å². The van der Waals surface area contributed by atoms with Crippen molar-refractivity contribution >= 4 is 83.2 Å². The smallest absolute Gasteiger partial charge is 0.261 e. The van der Waals surface area contributed by atoms with Crippen molar-refractivity contribution in [3.63, 3.8) is 0 Å². The van der Waals surface area contributed by atoms with Crippen LogP contribution in [0.4, 0.5) is 0 Å². The molecule has 3 heterocycles. The van der Waals surface area contributed by atoms with Gasteiger partial charge in [0, 0.05) is 35.6 Å². The Balaban J connectivity index is 0.000000145. The zero-order valence-corrected chi connectivity index (χ0v) is 26.9. The fourth-order valence-electron chi connectivity index (χ4n) is 4.58. The number of halogens is 3. The summed E-state index contributed by atoms with van der Waals surface area (Å²) >= 11 is 9.64. The normalized spacial score (nSPS) is 14.8. The van der Waals surface area contributed by atoms with Gasteiger partial charge in [-0.3, -0.25) is 43.5 Å². The molecule has 42 heavy (non-hydrogen) atoms. The maximum atomic E-state index is 11.7. The van der Waals surface area contributed by atoms with Gasteiger partial charge in [-0.2, -0.15) is 0 Å². The zero-order valence-electron chi connectivity index (χ0n) is 22.1. The van der Waals surface area contributed by atoms with E-state index in [1.807, 2.05) is 0 Å². The molecule has 12 heteroatoms. The van der Waals surface area contributed by atoms with Crippen LogP contribution in [-0.2, 0) is 0 Å². The highest BCUT2D eigenvalue weighted by Gasteiger charge is 2.36. The summed E-state index contributed by atoms with van der Waals surface area (Å²) in [5.41, 5.74) is 3.07. The molecule has 6 rings (SSSR count). The van der Waals surface area contributed by atoms with Gasteiger partial charge in [0.15, 0.2) is 0 Å². The van der Waals surface area contributed by atoms with E-state index < -0.39 is 0 Å². The molecule has 0 aliphatic carbocycles. The molecule has 0 saturated carbocycles. The van der Waals surface area contributed by atoms with Crippen molar-refractivity contribution in [3.8, 4) is 0 Å². The molecule has 0 fully saturated rings. The molecule has 0 N–H and O–H groups in total. The second kappa shape index (κ2) is 14.1. The standard InChI is InChI=1S/3C10H8BrNO2/c3*11-5-6-12-9(13)7-3-1-2-4-8(7)10(12)14/h3*1-4H,5-6H2. The number of amides is 6. The van der Waals surface area contributed by atoms with Crippen LogP contribution in [0, 0.1) is 0 Å². The third kappa shape index (κ3) is 6.16. The minimum absolute atomic E-state index is 0.190. The second-order valence-corrected chi connectivity index (χ2v) is 11.4. The lowest BCUT2D eigenvalue weighted by atomic mass is 10.1. The van der Waals surface area contributed by atoms with E-state index in [0.717, 1.165) is 0 Å². The Bertz CT molecular complexity index is 1290. The Morgan fingerprint density at radius 3 is 0.667 bits per heavy atom. The quantitative estimate of drug-likeness (QED) is 0.258. The Kier molecular flexibility index (Phi) is 10.6. The molecule has 3 aliphatic rings. The van der Waals surface area contributed by atoms with Crippen LogP contribution in [0.5, 0.6) is 0 Å². The summed E-state index contributed by atoms with van der Waals surface area (Å²) in [5, 5.41) is 1.83. The predicted octanol–water partition coefficient (Wildman–Crippen LogP) is 5.03. The van der Waals surface area contributed by atoms with E-state index in [2.05, 4.69) is 47.8 Å². The topological polar surface area (TPSA) is 112 Å². The molecule has 6 amide bonds. The summed E-state index contributed by atoms with van der Waals surface area (Å²) in [6.45, 7) is 1.27. The van der Waals surface area contributed by atoms with Gasteiger partial charge in [-0.25, -0.2) is 0 Å². The number of rotatable bonds is 6. The number of carbonyl (C=O) groups excluding carboxylic acids is 6. The molecule has 9 nitrogen and oxygen atoms in total. The van der Waals surface area contributed by atoms with E-state index in [1.54, 1.807) is 72.8 Å². The molecule has 3 aliphatic heterocycles. The first kappa shape index (κ1) is 31.5. The fourth-order valence-corrected chi connectivity index (χ4v) is 5.64. The molecule has 0 radical (unpaired) electrons. The van der Waals surface area contributed by atoms with Crippen LogP contribution in [0.25, 0.3) is 0 Å². The maximum absolute atomic E-state index is 11.7. The Hall–Kier alpha value is -3.48. The highest BCUT2D eigenvalue weighted by molar-refractivity contribution is 9.09. The summed E-state index contributed by atoms with van der Waals surface area (Å²) in [6.07, 6.45) is 0. The molecule has 0 aromatic heterocycles. The van der Waals surface area contributed by atoms with Gasteiger partial charge in [-0.15, -0.1) is 0 Å². The van der Waals surface area contributed by atoms with Gasteiger partial charge in [-0.1, -0.05) is 84.2 Å². The molecule has 0 spiro atoms. The van der Waals surface area contributed by atoms with Crippen molar-refractivity contribution in [1.82, 2.24) is 14.7 Å². The van der Waals surface area contributed by atoms with Gasteiger partial charge >= 0.3 is 0 Å². The second-order valence-electron chi connectivity index (χ2n) is 8.99. The monoisotopic (exact) mass is 759 g/mol. The van der Waals surface area contributed by atoms with E-state index in [1.165, 1.54) is 14.7 Å². The average Bonchev–Trinajstić information content (AvgIpc) is 3.51. The van der Waals surface area contributed by atoms with Crippen molar-refractivity contribution in [2.45, 2.75) is 0 Å². The van der Waals surface area contributed by atoms with Gasteiger partial charge < -0.3 is 0 Å². The number of nitrogens with zero attached hydrogens (tertiary/aromatic N) is 3. The highest BCUT2D eigenvalue weighted by Crippen LogP contribution is 2.24. The van der Waals surface area contributed by atoms with Gasteiger partial charge in [0.05, 0.1) is 33.4 Å². The SMILES string of the molecule is O=C1c2ccccc2C(=O)N1CCBr.O=C1c2ccccc2C(=O)N1CCBr.O=C1c2ccccc2C(=O)N1CCBr. The molecule has 216 valence electrons. The predicted molar refractivity (Wildman–Crippen MR) is 167 cm³/mol. The first-order valence-corrected chi connectivity index (χ1v) is 16.2.